The van der Waals surface area contributed by atoms with Crippen LogP contribution in [0.5, 0.6) is 11.5 Å². The lowest BCUT2D eigenvalue weighted by molar-refractivity contribution is -0.384. The van der Waals surface area contributed by atoms with Gasteiger partial charge in [-0.25, -0.2) is 9.97 Å². The highest BCUT2D eigenvalue weighted by Gasteiger charge is 2.24. The molecule has 0 aliphatic carbocycles. The van der Waals surface area contributed by atoms with E-state index in [1.165, 1.54) is 6.33 Å². The molecule has 102 valence electrons. The maximum atomic E-state index is 11.1. The molecular weight excluding hydrogens is 286 g/mol. The Hall–Kier alpha value is -2.41. The Labute approximate surface area is 118 Å². The van der Waals surface area contributed by atoms with Gasteiger partial charge in [0, 0.05) is 5.56 Å². The number of hydrogen-bond acceptors (Lipinski definition) is 6. The van der Waals surface area contributed by atoms with Crippen LogP contribution in [0.1, 0.15) is 0 Å². The molecule has 0 saturated heterocycles. The molecule has 1 aromatic heterocycles. The molecule has 2 aromatic rings. The van der Waals surface area contributed by atoms with Crippen molar-refractivity contribution in [3.63, 3.8) is 0 Å². The van der Waals surface area contributed by atoms with Crippen LogP contribution in [-0.2, 0) is 0 Å². The zero-order valence-electron chi connectivity index (χ0n) is 10.1. The molecular formula is C12H8ClN3O4. The van der Waals surface area contributed by atoms with Crippen LogP contribution in [0.4, 0.5) is 5.69 Å². The number of nitro groups is 1. The lowest BCUT2D eigenvalue weighted by Crippen LogP contribution is -2.15. The SMILES string of the molecule is O=[N+]([O-])c1c(Cl)ncnc1-c1ccc2c(c1)OCCO2. The topological polar surface area (TPSA) is 87.4 Å². The average Bonchev–Trinajstić information content (AvgIpc) is 2.46. The molecule has 0 saturated carbocycles. The quantitative estimate of drug-likeness (QED) is 0.480. The van der Waals surface area contributed by atoms with Gasteiger partial charge >= 0.3 is 5.69 Å². The number of fused-ring (bicyclic) bond motifs is 1. The molecule has 0 radical (unpaired) electrons. The lowest BCUT2D eigenvalue weighted by Gasteiger charge is -2.18. The Kier molecular flexibility index (Phi) is 3.11. The van der Waals surface area contributed by atoms with Gasteiger partial charge < -0.3 is 9.47 Å². The monoisotopic (exact) mass is 293 g/mol. The van der Waals surface area contributed by atoms with E-state index in [2.05, 4.69) is 9.97 Å². The summed E-state index contributed by atoms with van der Waals surface area (Å²) in [6, 6.07) is 4.99. The molecule has 1 aliphatic heterocycles. The number of rotatable bonds is 2. The van der Waals surface area contributed by atoms with Crippen LogP contribution in [0.15, 0.2) is 24.5 Å². The second-order valence-corrected chi connectivity index (χ2v) is 4.34. The molecule has 0 atom stereocenters. The summed E-state index contributed by atoms with van der Waals surface area (Å²) in [5.74, 6) is 1.13. The third-order valence-electron chi connectivity index (χ3n) is 2.78. The van der Waals surface area contributed by atoms with Crippen molar-refractivity contribution in [2.45, 2.75) is 0 Å². The molecule has 0 spiro atoms. The molecule has 1 aliphatic rings. The van der Waals surface area contributed by atoms with Crippen LogP contribution in [0.25, 0.3) is 11.3 Å². The van der Waals surface area contributed by atoms with E-state index in [0.29, 0.717) is 30.3 Å². The highest BCUT2D eigenvalue weighted by molar-refractivity contribution is 6.31. The highest BCUT2D eigenvalue weighted by atomic mass is 35.5. The van der Waals surface area contributed by atoms with Crippen LogP contribution in [-0.4, -0.2) is 28.1 Å². The summed E-state index contributed by atoms with van der Waals surface area (Å²) in [7, 11) is 0. The Morgan fingerprint density at radius 1 is 1.20 bits per heavy atom. The number of nitrogens with zero attached hydrogens (tertiary/aromatic N) is 3. The van der Waals surface area contributed by atoms with E-state index in [1.807, 2.05) is 0 Å². The lowest BCUT2D eigenvalue weighted by atomic mass is 10.1. The molecule has 0 unspecified atom stereocenters. The third-order valence-corrected chi connectivity index (χ3v) is 3.05. The predicted molar refractivity (Wildman–Crippen MR) is 70.1 cm³/mol. The van der Waals surface area contributed by atoms with E-state index in [0.717, 1.165) is 0 Å². The molecule has 0 N–H and O–H groups in total. The molecule has 0 amide bonds. The van der Waals surface area contributed by atoms with Gasteiger partial charge in [0.1, 0.15) is 19.5 Å². The summed E-state index contributed by atoms with van der Waals surface area (Å²) in [4.78, 5) is 18.1. The zero-order chi connectivity index (χ0) is 14.1. The van der Waals surface area contributed by atoms with Crippen molar-refractivity contribution in [1.29, 1.82) is 0 Å². The van der Waals surface area contributed by atoms with E-state index in [9.17, 15) is 10.1 Å². The summed E-state index contributed by atoms with van der Waals surface area (Å²) in [6.45, 7) is 0.912. The maximum absolute atomic E-state index is 11.1. The first kappa shape index (κ1) is 12.6. The fraction of sp³-hybridized carbons (Fsp3) is 0.167. The summed E-state index contributed by atoms with van der Waals surface area (Å²) < 4.78 is 10.8. The van der Waals surface area contributed by atoms with Crippen LogP contribution < -0.4 is 9.47 Å². The number of ether oxygens (including phenoxy) is 2. The van der Waals surface area contributed by atoms with Crippen LogP contribution in [0.3, 0.4) is 0 Å². The van der Waals surface area contributed by atoms with E-state index < -0.39 is 4.92 Å². The van der Waals surface area contributed by atoms with Gasteiger partial charge in [-0.1, -0.05) is 11.6 Å². The van der Waals surface area contributed by atoms with Crippen molar-refractivity contribution in [3.05, 3.63) is 39.8 Å². The van der Waals surface area contributed by atoms with E-state index in [4.69, 9.17) is 21.1 Å². The van der Waals surface area contributed by atoms with Crippen LogP contribution >= 0.6 is 11.6 Å². The van der Waals surface area contributed by atoms with Crippen molar-refractivity contribution >= 4 is 17.3 Å². The van der Waals surface area contributed by atoms with E-state index in [1.54, 1.807) is 18.2 Å². The van der Waals surface area contributed by atoms with Gasteiger partial charge in [0.25, 0.3) is 0 Å². The fourth-order valence-electron chi connectivity index (χ4n) is 1.92. The van der Waals surface area contributed by atoms with Crippen molar-refractivity contribution in [2.24, 2.45) is 0 Å². The molecule has 2 heterocycles. The minimum absolute atomic E-state index is 0.145. The zero-order valence-corrected chi connectivity index (χ0v) is 10.8. The Morgan fingerprint density at radius 3 is 2.70 bits per heavy atom. The largest absolute Gasteiger partial charge is 0.486 e. The Bertz CT molecular complexity index is 692. The molecule has 0 fully saturated rings. The van der Waals surface area contributed by atoms with Gasteiger partial charge in [-0.2, -0.15) is 0 Å². The predicted octanol–water partition coefficient (Wildman–Crippen LogP) is 2.48. The summed E-state index contributed by atoms with van der Waals surface area (Å²) in [5, 5.41) is 10.9. The van der Waals surface area contributed by atoms with Crippen molar-refractivity contribution in [2.75, 3.05) is 13.2 Å². The Balaban J connectivity index is 2.14. The van der Waals surface area contributed by atoms with Crippen molar-refractivity contribution < 1.29 is 14.4 Å². The van der Waals surface area contributed by atoms with Crippen LogP contribution in [0.2, 0.25) is 5.15 Å². The smallest absolute Gasteiger partial charge is 0.332 e. The number of hydrogen-bond donors (Lipinski definition) is 0. The molecule has 7 nitrogen and oxygen atoms in total. The first-order valence-electron chi connectivity index (χ1n) is 5.71. The Morgan fingerprint density at radius 2 is 1.95 bits per heavy atom. The maximum Gasteiger partial charge on any atom is 0.332 e. The van der Waals surface area contributed by atoms with Crippen LogP contribution in [0, 0.1) is 10.1 Å². The number of aromatic nitrogens is 2. The first-order chi connectivity index (χ1) is 9.66. The third kappa shape index (κ3) is 2.12. The molecule has 1 aromatic carbocycles. The number of benzene rings is 1. The number of halogens is 1. The minimum atomic E-state index is -0.603. The van der Waals surface area contributed by atoms with Gasteiger partial charge in [-0.05, 0) is 18.2 Å². The average molecular weight is 294 g/mol. The summed E-state index contributed by atoms with van der Waals surface area (Å²) in [6.07, 6.45) is 1.18. The standard InChI is InChI=1S/C12H8ClN3O4/c13-12-11(16(17)18)10(14-6-15-12)7-1-2-8-9(5-7)20-4-3-19-8/h1-2,5-6H,3-4H2. The van der Waals surface area contributed by atoms with Gasteiger partial charge in [-0.3, -0.25) is 10.1 Å². The first-order valence-corrected chi connectivity index (χ1v) is 6.09. The van der Waals surface area contributed by atoms with Crippen molar-refractivity contribution in [1.82, 2.24) is 9.97 Å². The van der Waals surface area contributed by atoms with Gasteiger partial charge in [-0.15, -0.1) is 0 Å². The van der Waals surface area contributed by atoms with Gasteiger partial charge in [0.05, 0.1) is 4.92 Å². The van der Waals surface area contributed by atoms with E-state index >= 15 is 0 Å². The van der Waals surface area contributed by atoms with Crippen molar-refractivity contribution in [3.8, 4) is 22.8 Å². The summed E-state index contributed by atoms with van der Waals surface area (Å²) in [5.41, 5.74) is 0.336. The van der Waals surface area contributed by atoms with Gasteiger partial charge in [0.2, 0.25) is 5.15 Å². The second-order valence-electron chi connectivity index (χ2n) is 3.98. The van der Waals surface area contributed by atoms with Gasteiger partial charge in [0.15, 0.2) is 17.2 Å². The highest BCUT2D eigenvalue weighted by Crippen LogP contribution is 2.38. The molecule has 8 heteroatoms. The fourth-order valence-corrected chi connectivity index (χ4v) is 2.12. The summed E-state index contributed by atoms with van der Waals surface area (Å²) >= 11 is 5.77. The molecule has 3 rings (SSSR count). The van der Waals surface area contributed by atoms with E-state index in [-0.39, 0.29) is 16.5 Å². The second kappa shape index (κ2) is 4.93. The normalized spacial score (nSPS) is 13.1. The molecule has 0 bridgehead atoms. The molecule has 20 heavy (non-hydrogen) atoms. The minimum Gasteiger partial charge on any atom is -0.486 e.